The van der Waals surface area contributed by atoms with Gasteiger partial charge in [-0.1, -0.05) is 0 Å². The number of hydrogen-bond donors (Lipinski definition) is 0. The highest BCUT2D eigenvalue weighted by Crippen LogP contribution is 2.24. The topological polar surface area (TPSA) is 71.6 Å². The molecule has 0 saturated carbocycles. The molecular weight excluding hydrogens is 316 g/mol. The molecule has 0 aromatic carbocycles. The third kappa shape index (κ3) is 3.06. The van der Waals surface area contributed by atoms with E-state index in [1.807, 2.05) is 12.1 Å². The minimum Gasteiger partial charge on any atom is -0.468 e. The van der Waals surface area contributed by atoms with Gasteiger partial charge in [-0.3, -0.25) is 9.58 Å². The minimum atomic E-state index is -3.49. The van der Waals surface area contributed by atoms with Crippen LogP contribution in [0, 0.1) is 13.8 Å². The van der Waals surface area contributed by atoms with E-state index in [2.05, 4.69) is 10.00 Å². The molecule has 1 saturated heterocycles. The van der Waals surface area contributed by atoms with Crippen molar-refractivity contribution in [3.05, 3.63) is 35.5 Å². The Bertz CT molecular complexity index is 772. The highest BCUT2D eigenvalue weighted by molar-refractivity contribution is 7.89. The molecule has 0 aliphatic carbocycles. The van der Waals surface area contributed by atoms with Gasteiger partial charge in [0.1, 0.15) is 10.7 Å². The zero-order valence-electron chi connectivity index (χ0n) is 13.7. The number of sulfonamides is 1. The molecule has 1 aliphatic rings. The predicted molar refractivity (Wildman–Crippen MR) is 85.4 cm³/mol. The Morgan fingerprint density at radius 3 is 2.43 bits per heavy atom. The van der Waals surface area contributed by atoms with Crippen molar-refractivity contribution in [2.45, 2.75) is 25.3 Å². The SMILES string of the molecule is Cc1nn(C)c(C)c1S(=O)(=O)N1CCN(Cc2ccco2)CC1. The first-order valence-electron chi connectivity index (χ1n) is 7.64. The fraction of sp³-hybridized carbons (Fsp3) is 0.533. The first-order valence-corrected chi connectivity index (χ1v) is 9.08. The normalized spacial score (nSPS) is 17.7. The Hall–Kier alpha value is -1.64. The molecule has 2 aromatic rings. The molecule has 0 bridgehead atoms. The van der Waals surface area contributed by atoms with Crippen LogP contribution in [0.4, 0.5) is 0 Å². The second-order valence-electron chi connectivity index (χ2n) is 5.88. The van der Waals surface area contributed by atoms with Gasteiger partial charge in [-0.05, 0) is 26.0 Å². The summed E-state index contributed by atoms with van der Waals surface area (Å²) in [5, 5.41) is 4.22. The molecule has 1 aliphatic heterocycles. The van der Waals surface area contributed by atoms with Crippen molar-refractivity contribution < 1.29 is 12.8 Å². The number of nitrogens with zero attached hydrogens (tertiary/aromatic N) is 4. The lowest BCUT2D eigenvalue weighted by Crippen LogP contribution is -2.48. The zero-order valence-corrected chi connectivity index (χ0v) is 14.5. The van der Waals surface area contributed by atoms with Gasteiger partial charge in [0, 0.05) is 33.2 Å². The van der Waals surface area contributed by atoms with Gasteiger partial charge in [-0.15, -0.1) is 0 Å². The van der Waals surface area contributed by atoms with Crippen molar-refractivity contribution in [3.8, 4) is 0 Å². The number of aryl methyl sites for hydroxylation is 2. The Balaban J connectivity index is 1.71. The van der Waals surface area contributed by atoms with Crippen molar-refractivity contribution in [3.63, 3.8) is 0 Å². The molecule has 0 spiro atoms. The van der Waals surface area contributed by atoms with Crippen molar-refractivity contribution in [2.75, 3.05) is 26.2 Å². The van der Waals surface area contributed by atoms with Crippen LogP contribution in [-0.2, 0) is 23.6 Å². The fourth-order valence-corrected chi connectivity index (χ4v) is 4.83. The van der Waals surface area contributed by atoms with E-state index in [1.165, 1.54) is 0 Å². The number of hydrogen-bond acceptors (Lipinski definition) is 5. The molecule has 8 heteroatoms. The molecule has 0 N–H and O–H groups in total. The van der Waals surface area contributed by atoms with E-state index >= 15 is 0 Å². The van der Waals surface area contributed by atoms with E-state index in [1.54, 1.807) is 36.1 Å². The first-order chi connectivity index (χ1) is 10.9. The van der Waals surface area contributed by atoms with Gasteiger partial charge in [0.25, 0.3) is 0 Å². The second kappa shape index (κ2) is 6.10. The Morgan fingerprint density at radius 1 is 1.22 bits per heavy atom. The smallest absolute Gasteiger partial charge is 0.246 e. The second-order valence-corrected chi connectivity index (χ2v) is 7.76. The monoisotopic (exact) mass is 338 g/mol. The molecule has 3 heterocycles. The number of furan rings is 1. The van der Waals surface area contributed by atoms with Crippen LogP contribution in [-0.4, -0.2) is 53.6 Å². The minimum absolute atomic E-state index is 0.347. The van der Waals surface area contributed by atoms with Crippen molar-refractivity contribution >= 4 is 10.0 Å². The summed E-state index contributed by atoms with van der Waals surface area (Å²) in [4.78, 5) is 2.55. The van der Waals surface area contributed by atoms with Crippen molar-refractivity contribution in [1.82, 2.24) is 19.0 Å². The molecule has 2 aromatic heterocycles. The number of piperazine rings is 1. The predicted octanol–water partition coefficient (Wildman–Crippen LogP) is 1.14. The summed E-state index contributed by atoms with van der Waals surface area (Å²) in [5.74, 6) is 0.903. The summed E-state index contributed by atoms with van der Waals surface area (Å²) in [7, 11) is -1.72. The Kier molecular flexibility index (Phi) is 4.31. The summed E-state index contributed by atoms with van der Waals surface area (Å²) in [6.07, 6.45) is 1.66. The van der Waals surface area contributed by atoms with Crippen molar-refractivity contribution in [1.29, 1.82) is 0 Å². The molecule has 0 unspecified atom stereocenters. The summed E-state index contributed by atoms with van der Waals surface area (Å²) >= 11 is 0. The van der Waals surface area contributed by atoms with Gasteiger partial charge in [0.15, 0.2) is 0 Å². The lowest BCUT2D eigenvalue weighted by atomic mass is 10.3. The van der Waals surface area contributed by atoms with Gasteiger partial charge in [0.05, 0.1) is 24.2 Å². The lowest BCUT2D eigenvalue weighted by molar-refractivity contribution is 0.171. The molecule has 0 atom stereocenters. The average molecular weight is 338 g/mol. The van der Waals surface area contributed by atoms with Gasteiger partial charge in [-0.2, -0.15) is 9.40 Å². The van der Waals surface area contributed by atoms with Gasteiger partial charge in [0.2, 0.25) is 10.0 Å². The third-order valence-corrected chi connectivity index (χ3v) is 6.48. The molecule has 23 heavy (non-hydrogen) atoms. The van der Waals surface area contributed by atoms with Crippen LogP contribution in [0.3, 0.4) is 0 Å². The van der Waals surface area contributed by atoms with Gasteiger partial charge in [-0.25, -0.2) is 8.42 Å². The van der Waals surface area contributed by atoms with Crippen LogP contribution in [0.2, 0.25) is 0 Å². The van der Waals surface area contributed by atoms with Crippen LogP contribution in [0.15, 0.2) is 27.7 Å². The van der Waals surface area contributed by atoms with E-state index in [-0.39, 0.29) is 0 Å². The fourth-order valence-electron chi connectivity index (χ4n) is 3.01. The molecular formula is C15H22N4O3S. The van der Waals surface area contributed by atoms with Crippen LogP contribution >= 0.6 is 0 Å². The first kappa shape index (κ1) is 16.2. The van der Waals surface area contributed by atoms with E-state index in [9.17, 15) is 8.42 Å². The van der Waals surface area contributed by atoms with E-state index in [4.69, 9.17) is 4.42 Å². The molecule has 7 nitrogen and oxygen atoms in total. The summed E-state index contributed by atoms with van der Waals surface area (Å²) in [5.41, 5.74) is 1.24. The quantitative estimate of drug-likeness (QED) is 0.836. The van der Waals surface area contributed by atoms with E-state index < -0.39 is 10.0 Å². The van der Waals surface area contributed by atoms with Gasteiger partial charge >= 0.3 is 0 Å². The van der Waals surface area contributed by atoms with Crippen LogP contribution in [0.25, 0.3) is 0 Å². The highest BCUT2D eigenvalue weighted by atomic mass is 32.2. The molecule has 1 fully saturated rings. The standard InChI is InChI=1S/C15H22N4O3S/c1-12-15(13(2)17(3)16-12)23(20,21)19-8-6-18(7-9-19)11-14-5-4-10-22-14/h4-5,10H,6-9,11H2,1-3H3. The molecule has 0 amide bonds. The van der Waals surface area contributed by atoms with Crippen LogP contribution in [0.1, 0.15) is 17.1 Å². The zero-order chi connectivity index (χ0) is 16.6. The summed E-state index contributed by atoms with van der Waals surface area (Å²) in [6, 6.07) is 3.80. The van der Waals surface area contributed by atoms with Gasteiger partial charge < -0.3 is 4.42 Å². The van der Waals surface area contributed by atoms with E-state index in [0.717, 1.165) is 5.76 Å². The summed E-state index contributed by atoms with van der Waals surface area (Å²) < 4.78 is 34.3. The van der Waals surface area contributed by atoms with Crippen molar-refractivity contribution in [2.24, 2.45) is 7.05 Å². The van der Waals surface area contributed by atoms with Crippen LogP contribution < -0.4 is 0 Å². The lowest BCUT2D eigenvalue weighted by Gasteiger charge is -2.33. The maximum absolute atomic E-state index is 12.9. The van der Waals surface area contributed by atoms with E-state index in [0.29, 0.717) is 49.0 Å². The highest BCUT2D eigenvalue weighted by Gasteiger charge is 2.32. The average Bonchev–Trinajstić information content (AvgIpc) is 3.08. The molecule has 126 valence electrons. The Labute approximate surface area is 136 Å². The maximum atomic E-state index is 12.9. The van der Waals surface area contributed by atoms with Crippen LogP contribution in [0.5, 0.6) is 0 Å². The number of aromatic nitrogens is 2. The largest absolute Gasteiger partial charge is 0.468 e. The maximum Gasteiger partial charge on any atom is 0.246 e. The number of rotatable bonds is 4. The molecule has 0 radical (unpaired) electrons. The Morgan fingerprint density at radius 2 is 1.91 bits per heavy atom. The molecule has 3 rings (SSSR count). The summed E-state index contributed by atoms with van der Waals surface area (Å²) in [6.45, 7) is 6.60. The third-order valence-electron chi connectivity index (χ3n) is 4.33.